The van der Waals surface area contributed by atoms with E-state index in [1.54, 1.807) is 13.8 Å². The van der Waals surface area contributed by atoms with Gasteiger partial charge in [0, 0.05) is 12.3 Å². The summed E-state index contributed by atoms with van der Waals surface area (Å²) in [7, 11) is 0. The van der Waals surface area contributed by atoms with Gasteiger partial charge in [-0.15, -0.1) is 0 Å². The first-order chi connectivity index (χ1) is 8.00. The molecule has 0 aromatic heterocycles. The summed E-state index contributed by atoms with van der Waals surface area (Å²) in [6, 6.07) is 9.40. The third-order valence-corrected chi connectivity index (χ3v) is 2.77. The summed E-state index contributed by atoms with van der Waals surface area (Å²) < 4.78 is 0. The summed E-state index contributed by atoms with van der Waals surface area (Å²) in [5, 5.41) is 9.11. The molecule has 0 heterocycles. The number of hydrogen-bond acceptors (Lipinski definition) is 2. The summed E-state index contributed by atoms with van der Waals surface area (Å²) >= 11 is 0. The van der Waals surface area contributed by atoms with Gasteiger partial charge in [-0.05, 0) is 12.0 Å². The van der Waals surface area contributed by atoms with Gasteiger partial charge in [-0.2, -0.15) is 0 Å². The quantitative estimate of drug-likeness (QED) is 0.823. The zero-order valence-corrected chi connectivity index (χ0v) is 10.2. The van der Waals surface area contributed by atoms with Crippen LogP contribution in [0, 0.1) is 11.8 Å². The smallest absolute Gasteiger partial charge is 0.307 e. The molecule has 92 valence electrons. The standard InChI is InChI=1S/C14H18O3/c1-10(2)13(15)9-12(14(16)17)8-11-6-4-3-5-7-11/h3-7,10,12H,8-9H2,1-2H3,(H,16,17)/t12-/m1/s1. The van der Waals surface area contributed by atoms with Gasteiger partial charge in [0.25, 0.3) is 0 Å². The second-order valence-electron chi connectivity index (χ2n) is 4.55. The van der Waals surface area contributed by atoms with Crippen molar-refractivity contribution in [3.8, 4) is 0 Å². The maximum atomic E-state index is 11.6. The Morgan fingerprint density at radius 3 is 2.24 bits per heavy atom. The lowest BCUT2D eigenvalue weighted by Gasteiger charge is -2.13. The van der Waals surface area contributed by atoms with Gasteiger partial charge < -0.3 is 5.11 Å². The van der Waals surface area contributed by atoms with E-state index in [1.807, 2.05) is 30.3 Å². The Hall–Kier alpha value is -1.64. The number of carbonyl (C=O) groups excluding carboxylic acids is 1. The van der Waals surface area contributed by atoms with Crippen molar-refractivity contribution in [2.45, 2.75) is 26.7 Å². The molecule has 0 aliphatic carbocycles. The third kappa shape index (κ3) is 4.39. The first kappa shape index (κ1) is 13.4. The van der Waals surface area contributed by atoms with Crippen LogP contribution in [0.25, 0.3) is 0 Å². The monoisotopic (exact) mass is 234 g/mol. The molecule has 3 heteroatoms. The zero-order chi connectivity index (χ0) is 12.8. The topological polar surface area (TPSA) is 54.4 Å². The number of rotatable bonds is 6. The van der Waals surface area contributed by atoms with Crippen LogP contribution in [0.15, 0.2) is 30.3 Å². The fourth-order valence-electron chi connectivity index (χ4n) is 1.62. The number of benzene rings is 1. The second kappa shape index (κ2) is 6.18. The van der Waals surface area contributed by atoms with E-state index >= 15 is 0 Å². The molecule has 0 radical (unpaired) electrons. The van der Waals surface area contributed by atoms with Crippen molar-refractivity contribution >= 4 is 11.8 Å². The van der Waals surface area contributed by atoms with Crippen LogP contribution in [-0.2, 0) is 16.0 Å². The van der Waals surface area contributed by atoms with Crippen LogP contribution in [0.5, 0.6) is 0 Å². The average molecular weight is 234 g/mol. The maximum Gasteiger partial charge on any atom is 0.307 e. The van der Waals surface area contributed by atoms with Crippen LogP contribution in [0.3, 0.4) is 0 Å². The minimum absolute atomic E-state index is 0.00771. The molecule has 17 heavy (non-hydrogen) atoms. The lowest BCUT2D eigenvalue weighted by atomic mass is 9.91. The van der Waals surface area contributed by atoms with E-state index in [4.69, 9.17) is 5.11 Å². The van der Waals surface area contributed by atoms with E-state index in [0.29, 0.717) is 6.42 Å². The molecule has 0 aliphatic heterocycles. The van der Waals surface area contributed by atoms with Gasteiger partial charge in [0.1, 0.15) is 5.78 Å². The highest BCUT2D eigenvalue weighted by molar-refractivity contribution is 5.85. The number of carboxylic acids is 1. The molecular weight excluding hydrogens is 216 g/mol. The lowest BCUT2D eigenvalue weighted by Crippen LogP contribution is -2.22. The molecule has 1 atom stereocenters. The van der Waals surface area contributed by atoms with Gasteiger partial charge in [-0.1, -0.05) is 44.2 Å². The molecule has 1 rings (SSSR count). The van der Waals surface area contributed by atoms with Gasteiger partial charge in [-0.25, -0.2) is 0 Å². The highest BCUT2D eigenvalue weighted by Gasteiger charge is 2.22. The Balaban J connectivity index is 2.68. The molecule has 0 amide bonds. The van der Waals surface area contributed by atoms with E-state index in [2.05, 4.69) is 0 Å². The fraction of sp³-hybridized carbons (Fsp3) is 0.429. The summed E-state index contributed by atoms with van der Waals surface area (Å²) in [6.45, 7) is 3.59. The Labute approximate surface area is 101 Å². The maximum absolute atomic E-state index is 11.6. The summed E-state index contributed by atoms with van der Waals surface area (Å²) in [5.41, 5.74) is 0.955. The minimum atomic E-state index is -0.900. The van der Waals surface area contributed by atoms with E-state index in [0.717, 1.165) is 5.56 Å². The molecule has 0 aliphatic rings. The first-order valence-corrected chi connectivity index (χ1v) is 5.80. The van der Waals surface area contributed by atoms with Gasteiger partial charge in [0.05, 0.1) is 5.92 Å². The number of aliphatic carboxylic acids is 1. The van der Waals surface area contributed by atoms with Gasteiger partial charge >= 0.3 is 5.97 Å². The predicted octanol–water partition coefficient (Wildman–Crippen LogP) is 2.55. The molecule has 0 unspecified atom stereocenters. The van der Waals surface area contributed by atoms with Crippen molar-refractivity contribution in [2.24, 2.45) is 11.8 Å². The summed E-state index contributed by atoms with van der Waals surface area (Å²) in [5.74, 6) is -1.61. The molecule has 1 aromatic carbocycles. The van der Waals surface area contributed by atoms with Crippen LogP contribution < -0.4 is 0 Å². The number of ketones is 1. The Morgan fingerprint density at radius 2 is 1.76 bits per heavy atom. The Bertz CT molecular complexity index is 382. The predicted molar refractivity (Wildman–Crippen MR) is 65.7 cm³/mol. The number of Topliss-reactive ketones (excluding diaryl/α,β-unsaturated/α-hetero) is 1. The third-order valence-electron chi connectivity index (χ3n) is 2.77. The fourth-order valence-corrected chi connectivity index (χ4v) is 1.62. The zero-order valence-electron chi connectivity index (χ0n) is 10.2. The molecule has 1 N–H and O–H groups in total. The van der Waals surface area contributed by atoms with Gasteiger partial charge in [-0.3, -0.25) is 9.59 Å². The van der Waals surface area contributed by atoms with Crippen LogP contribution in [-0.4, -0.2) is 16.9 Å². The first-order valence-electron chi connectivity index (χ1n) is 5.80. The van der Waals surface area contributed by atoms with Crippen molar-refractivity contribution in [3.63, 3.8) is 0 Å². The molecule has 3 nitrogen and oxygen atoms in total. The highest BCUT2D eigenvalue weighted by Crippen LogP contribution is 2.15. The Morgan fingerprint density at radius 1 is 1.18 bits per heavy atom. The second-order valence-corrected chi connectivity index (χ2v) is 4.55. The molecule has 0 bridgehead atoms. The SMILES string of the molecule is CC(C)C(=O)C[C@@H](Cc1ccccc1)C(=O)O. The average Bonchev–Trinajstić information content (AvgIpc) is 2.29. The van der Waals surface area contributed by atoms with E-state index in [1.165, 1.54) is 0 Å². The van der Waals surface area contributed by atoms with Crippen LogP contribution >= 0.6 is 0 Å². The number of carbonyl (C=O) groups is 2. The molecule has 1 aromatic rings. The summed E-state index contributed by atoms with van der Waals surface area (Å²) in [4.78, 5) is 22.7. The lowest BCUT2D eigenvalue weighted by molar-refractivity contribution is -0.144. The number of hydrogen-bond donors (Lipinski definition) is 1. The van der Waals surface area contributed by atoms with Crippen molar-refractivity contribution in [1.29, 1.82) is 0 Å². The van der Waals surface area contributed by atoms with E-state index < -0.39 is 11.9 Å². The van der Waals surface area contributed by atoms with Gasteiger partial charge in [0.15, 0.2) is 0 Å². The summed E-state index contributed by atoms with van der Waals surface area (Å²) in [6.07, 6.45) is 0.524. The van der Waals surface area contributed by atoms with Crippen molar-refractivity contribution in [1.82, 2.24) is 0 Å². The highest BCUT2D eigenvalue weighted by atomic mass is 16.4. The normalized spacial score (nSPS) is 12.4. The van der Waals surface area contributed by atoms with E-state index in [-0.39, 0.29) is 18.1 Å². The van der Waals surface area contributed by atoms with Crippen LogP contribution in [0.2, 0.25) is 0 Å². The number of carboxylic acid groups (broad SMARTS) is 1. The molecule has 0 saturated carbocycles. The van der Waals surface area contributed by atoms with Crippen molar-refractivity contribution in [3.05, 3.63) is 35.9 Å². The molecule has 0 spiro atoms. The van der Waals surface area contributed by atoms with Crippen molar-refractivity contribution < 1.29 is 14.7 Å². The van der Waals surface area contributed by atoms with Crippen LogP contribution in [0.1, 0.15) is 25.8 Å². The Kier molecular flexibility index (Phi) is 4.88. The molecular formula is C14H18O3. The van der Waals surface area contributed by atoms with E-state index in [9.17, 15) is 9.59 Å². The largest absolute Gasteiger partial charge is 0.481 e. The van der Waals surface area contributed by atoms with Crippen LogP contribution in [0.4, 0.5) is 0 Å². The minimum Gasteiger partial charge on any atom is -0.481 e. The van der Waals surface area contributed by atoms with Crippen molar-refractivity contribution in [2.75, 3.05) is 0 Å². The van der Waals surface area contributed by atoms with Gasteiger partial charge in [0.2, 0.25) is 0 Å². The molecule has 0 saturated heterocycles. The molecule has 0 fully saturated rings.